The van der Waals surface area contributed by atoms with Crippen molar-refractivity contribution in [3.8, 4) is 11.8 Å². The number of hydrogen-bond donors (Lipinski definition) is 2. The summed E-state index contributed by atoms with van der Waals surface area (Å²) in [5, 5.41) is 11.2. The first-order valence-electron chi connectivity index (χ1n) is 11.6. The minimum Gasteiger partial charge on any atom is -0.378 e. The lowest BCUT2D eigenvalue weighted by molar-refractivity contribution is 0.0691. The van der Waals surface area contributed by atoms with Crippen molar-refractivity contribution >= 4 is 16.8 Å². The van der Waals surface area contributed by atoms with Gasteiger partial charge in [-0.1, -0.05) is 60.4 Å². The van der Waals surface area contributed by atoms with Gasteiger partial charge in [0, 0.05) is 34.3 Å². The molecule has 0 saturated carbocycles. The van der Waals surface area contributed by atoms with E-state index in [1.165, 1.54) is 10.9 Å². The fraction of sp³-hybridized carbons (Fsp3) is 0.233. The summed E-state index contributed by atoms with van der Waals surface area (Å²) in [6.07, 6.45) is 0.797. The third kappa shape index (κ3) is 4.11. The van der Waals surface area contributed by atoms with Crippen LogP contribution in [0, 0.1) is 18.8 Å². The maximum absolute atomic E-state index is 13.9. The van der Waals surface area contributed by atoms with Crippen LogP contribution in [-0.4, -0.2) is 33.0 Å². The van der Waals surface area contributed by atoms with Crippen LogP contribution in [0.5, 0.6) is 0 Å². The van der Waals surface area contributed by atoms with Crippen molar-refractivity contribution in [1.29, 1.82) is 0 Å². The molecule has 0 bridgehead atoms. The minimum atomic E-state index is -1.09. The Morgan fingerprint density at radius 2 is 1.82 bits per heavy atom. The summed E-state index contributed by atoms with van der Waals surface area (Å²) >= 11 is 0. The molecule has 0 fully saturated rings. The minimum absolute atomic E-state index is 0.0236. The number of rotatable bonds is 2. The number of nitrogens with zero attached hydrogens (tertiary/aromatic N) is 1. The Bertz CT molecular complexity index is 1450. The topological polar surface area (TPSA) is 56.3 Å². The summed E-state index contributed by atoms with van der Waals surface area (Å²) in [5.41, 5.74) is 5.98. The van der Waals surface area contributed by atoms with E-state index in [0.717, 1.165) is 28.8 Å². The molecule has 0 aliphatic carbocycles. The maximum atomic E-state index is 13.9. The van der Waals surface area contributed by atoms with E-state index in [-0.39, 0.29) is 11.9 Å². The van der Waals surface area contributed by atoms with Gasteiger partial charge in [-0.3, -0.25) is 4.79 Å². The van der Waals surface area contributed by atoms with Gasteiger partial charge in [0.2, 0.25) is 0 Å². The van der Waals surface area contributed by atoms with Crippen LogP contribution in [-0.2, 0) is 6.42 Å². The van der Waals surface area contributed by atoms with E-state index in [1.807, 2.05) is 47.4 Å². The summed E-state index contributed by atoms with van der Waals surface area (Å²) in [6.45, 7) is 6.02. The van der Waals surface area contributed by atoms with E-state index >= 15 is 0 Å². The van der Waals surface area contributed by atoms with Gasteiger partial charge in [-0.2, -0.15) is 0 Å². The Balaban J connectivity index is 1.60. The monoisotopic (exact) mass is 448 g/mol. The highest BCUT2D eigenvalue weighted by Gasteiger charge is 2.35. The summed E-state index contributed by atoms with van der Waals surface area (Å²) in [5.74, 6) is 5.80. The number of hydrogen-bond acceptors (Lipinski definition) is 2. The largest absolute Gasteiger partial charge is 0.378 e. The molecule has 4 aromatic rings. The lowest BCUT2D eigenvalue weighted by Crippen LogP contribution is -2.41. The van der Waals surface area contributed by atoms with Crippen LogP contribution in [0.3, 0.4) is 0 Å². The number of aromatic amines is 1. The SMILES string of the molecule is Cc1ccccc1[C@H]1c2[nH]c3ccccc3c2CCN1C(=O)c1cccc(C#CC(C)(C)O)c1. The standard InChI is InChI=1S/C30H28N2O2/c1-20-9-4-5-12-23(20)28-27-25(24-13-6-7-14-26(24)31-27)16-18-32(28)29(33)22-11-8-10-21(19-22)15-17-30(2,3)34/h4-14,19,28,31,34H,16,18H2,1-3H3/t28-/m0/s1. The van der Waals surface area contributed by atoms with Crippen LogP contribution in [0.15, 0.2) is 72.8 Å². The number of aliphatic hydroxyl groups is 1. The molecule has 5 rings (SSSR count). The molecular weight excluding hydrogens is 420 g/mol. The van der Waals surface area contributed by atoms with E-state index in [0.29, 0.717) is 17.7 Å². The van der Waals surface area contributed by atoms with E-state index in [2.05, 4.69) is 54.1 Å². The van der Waals surface area contributed by atoms with Crippen molar-refractivity contribution in [3.63, 3.8) is 0 Å². The molecule has 1 atom stereocenters. The zero-order valence-corrected chi connectivity index (χ0v) is 19.7. The highest BCUT2D eigenvalue weighted by Crippen LogP contribution is 2.40. The van der Waals surface area contributed by atoms with Gasteiger partial charge in [0.15, 0.2) is 0 Å². The third-order valence-corrected chi connectivity index (χ3v) is 6.40. The number of carbonyl (C=O) groups excluding carboxylic acids is 1. The van der Waals surface area contributed by atoms with E-state index in [1.54, 1.807) is 13.8 Å². The van der Waals surface area contributed by atoms with E-state index in [9.17, 15) is 9.90 Å². The fourth-order valence-electron chi connectivity index (χ4n) is 4.80. The first-order valence-corrected chi connectivity index (χ1v) is 11.6. The highest BCUT2D eigenvalue weighted by atomic mass is 16.3. The van der Waals surface area contributed by atoms with Crippen LogP contribution < -0.4 is 0 Å². The van der Waals surface area contributed by atoms with Gasteiger partial charge in [-0.15, -0.1) is 0 Å². The maximum Gasteiger partial charge on any atom is 0.254 e. The molecule has 2 N–H and O–H groups in total. The fourth-order valence-corrected chi connectivity index (χ4v) is 4.80. The van der Waals surface area contributed by atoms with Crippen molar-refractivity contribution in [2.75, 3.05) is 6.54 Å². The second-order valence-corrected chi connectivity index (χ2v) is 9.46. The van der Waals surface area contributed by atoms with Crippen LogP contribution in [0.2, 0.25) is 0 Å². The molecule has 4 nitrogen and oxygen atoms in total. The summed E-state index contributed by atoms with van der Waals surface area (Å²) in [4.78, 5) is 19.5. The van der Waals surface area contributed by atoms with Gasteiger partial charge in [-0.05, 0) is 68.1 Å². The van der Waals surface area contributed by atoms with Crippen molar-refractivity contribution < 1.29 is 9.90 Å². The molecule has 3 aromatic carbocycles. The van der Waals surface area contributed by atoms with Gasteiger partial charge >= 0.3 is 0 Å². The number of amides is 1. The smallest absolute Gasteiger partial charge is 0.254 e. The zero-order valence-electron chi connectivity index (χ0n) is 19.7. The summed E-state index contributed by atoms with van der Waals surface area (Å²) in [7, 11) is 0. The Kier molecular flexibility index (Phi) is 5.51. The number of para-hydroxylation sites is 1. The number of carbonyl (C=O) groups is 1. The third-order valence-electron chi connectivity index (χ3n) is 6.40. The summed E-state index contributed by atoms with van der Waals surface area (Å²) in [6, 6.07) is 23.8. The predicted octanol–water partition coefficient (Wildman–Crippen LogP) is 5.39. The molecule has 1 aromatic heterocycles. The Morgan fingerprint density at radius 1 is 1.06 bits per heavy atom. The van der Waals surface area contributed by atoms with Gasteiger partial charge < -0.3 is 15.0 Å². The van der Waals surface area contributed by atoms with Crippen LogP contribution >= 0.6 is 0 Å². The lowest BCUT2D eigenvalue weighted by Gasteiger charge is -2.37. The molecule has 0 radical (unpaired) electrons. The second kappa shape index (κ2) is 8.52. The average Bonchev–Trinajstić information content (AvgIpc) is 3.21. The second-order valence-electron chi connectivity index (χ2n) is 9.46. The first-order chi connectivity index (χ1) is 16.3. The molecular formula is C30H28N2O2. The Morgan fingerprint density at radius 3 is 2.62 bits per heavy atom. The Labute approximate surface area is 200 Å². The van der Waals surface area contributed by atoms with Crippen molar-refractivity contribution in [2.24, 2.45) is 0 Å². The molecule has 1 amide bonds. The number of fused-ring (bicyclic) bond motifs is 3. The highest BCUT2D eigenvalue weighted by molar-refractivity contribution is 5.96. The quantitative estimate of drug-likeness (QED) is 0.404. The number of aryl methyl sites for hydroxylation is 1. The van der Waals surface area contributed by atoms with Crippen molar-refractivity contribution in [3.05, 3.63) is 106 Å². The predicted molar refractivity (Wildman–Crippen MR) is 136 cm³/mol. The molecule has 1 aliphatic rings. The van der Waals surface area contributed by atoms with Gasteiger partial charge in [-0.25, -0.2) is 0 Å². The van der Waals surface area contributed by atoms with E-state index in [4.69, 9.17) is 0 Å². The summed E-state index contributed by atoms with van der Waals surface area (Å²) < 4.78 is 0. The first kappa shape index (κ1) is 22.0. The molecule has 170 valence electrons. The van der Waals surface area contributed by atoms with E-state index < -0.39 is 5.60 Å². The van der Waals surface area contributed by atoms with Gasteiger partial charge in [0.1, 0.15) is 5.60 Å². The number of H-pyrrole nitrogens is 1. The molecule has 0 unspecified atom stereocenters. The zero-order chi connectivity index (χ0) is 23.9. The van der Waals surface area contributed by atoms with Gasteiger partial charge in [0.25, 0.3) is 5.91 Å². The van der Waals surface area contributed by atoms with Crippen molar-refractivity contribution in [2.45, 2.75) is 38.8 Å². The number of nitrogens with one attached hydrogen (secondary N) is 1. The molecule has 34 heavy (non-hydrogen) atoms. The normalized spacial score (nSPS) is 15.5. The number of benzene rings is 3. The van der Waals surface area contributed by atoms with Crippen molar-refractivity contribution in [1.82, 2.24) is 9.88 Å². The molecule has 4 heteroatoms. The van der Waals surface area contributed by atoms with Crippen LogP contribution in [0.25, 0.3) is 10.9 Å². The molecule has 0 spiro atoms. The number of aromatic nitrogens is 1. The Hall–Kier alpha value is -3.81. The average molecular weight is 449 g/mol. The van der Waals surface area contributed by atoms with Crippen LogP contribution in [0.4, 0.5) is 0 Å². The molecule has 0 saturated heterocycles. The lowest BCUT2D eigenvalue weighted by atomic mass is 9.89. The van der Waals surface area contributed by atoms with Gasteiger partial charge in [0.05, 0.1) is 6.04 Å². The molecule has 1 aliphatic heterocycles. The molecule has 2 heterocycles. The van der Waals surface area contributed by atoms with Crippen LogP contribution in [0.1, 0.15) is 58.2 Å².